The molecule has 4 nitrogen and oxygen atoms in total. The molecule has 0 bridgehead atoms. The Hall–Kier alpha value is -2.11. The third-order valence-corrected chi connectivity index (χ3v) is 4.83. The Labute approximate surface area is 146 Å². The number of benzene rings is 1. The van der Waals surface area contributed by atoms with Gasteiger partial charge in [-0.15, -0.1) is 0 Å². The SMILES string of the molecule is Clc1ccnc2c1c(Br)c1ccnc(NCc3ccccc3)n12. The van der Waals surface area contributed by atoms with Crippen molar-refractivity contribution in [3.8, 4) is 0 Å². The largest absolute Gasteiger partial charge is 0.351 e. The molecule has 0 amide bonds. The fourth-order valence-corrected chi connectivity index (χ4v) is 3.69. The van der Waals surface area contributed by atoms with Gasteiger partial charge in [-0.1, -0.05) is 41.9 Å². The van der Waals surface area contributed by atoms with E-state index in [9.17, 15) is 0 Å². The van der Waals surface area contributed by atoms with E-state index in [1.165, 1.54) is 5.56 Å². The van der Waals surface area contributed by atoms with Crippen LogP contribution in [0.3, 0.4) is 0 Å². The molecule has 1 aromatic carbocycles. The van der Waals surface area contributed by atoms with Gasteiger partial charge in [0.15, 0.2) is 0 Å². The van der Waals surface area contributed by atoms with Gasteiger partial charge in [-0.2, -0.15) is 0 Å². The Morgan fingerprint density at radius 2 is 1.83 bits per heavy atom. The Balaban J connectivity index is 1.86. The second-order valence-corrected chi connectivity index (χ2v) is 6.33. The van der Waals surface area contributed by atoms with Gasteiger partial charge >= 0.3 is 0 Å². The number of rotatable bonds is 3. The Bertz CT molecular complexity index is 998. The van der Waals surface area contributed by atoms with Crippen molar-refractivity contribution in [3.63, 3.8) is 0 Å². The zero-order valence-corrected chi connectivity index (χ0v) is 14.3. The Morgan fingerprint density at radius 3 is 2.65 bits per heavy atom. The zero-order chi connectivity index (χ0) is 15.8. The summed E-state index contributed by atoms with van der Waals surface area (Å²) in [4.78, 5) is 8.94. The van der Waals surface area contributed by atoms with Crippen LogP contribution in [-0.2, 0) is 6.54 Å². The van der Waals surface area contributed by atoms with Crippen molar-refractivity contribution in [3.05, 3.63) is 69.9 Å². The van der Waals surface area contributed by atoms with Crippen LogP contribution < -0.4 is 5.32 Å². The first-order valence-corrected chi connectivity index (χ1v) is 8.30. The summed E-state index contributed by atoms with van der Waals surface area (Å²) in [6, 6.07) is 13.9. The standard InChI is InChI=1S/C17H12BrClN4/c18-15-13-7-9-21-17(22-10-11-4-2-1-3-5-11)23(13)16-14(15)12(19)6-8-20-16/h1-9H,10H2,(H,21,22). The highest BCUT2D eigenvalue weighted by Gasteiger charge is 2.16. The molecule has 6 heteroatoms. The molecule has 4 aromatic rings. The lowest BCUT2D eigenvalue weighted by Gasteiger charge is -2.09. The van der Waals surface area contributed by atoms with Gasteiger partial charge in [-0.25, -0.2) is 9.97 Å². The quantitative estimate of drug-likeness (QED) is 0.543. The van der Waals surface area contributed by atoms with Gasteiger partial charge < -0.3 is 5.32 Å². The summed E-state index contributed by atoms with van der Waals surface area (Å²) in [5.74, 6) is 0.733. The van der Waals surface area contributed by atoms with E-state index < -0.39 is 0 Å². The van der Waals surface area contributed by atoms with Crippen molar-refractivity contribution < 1.29 is 0 Å². The highest BCUT2D eigenvalue weighted by atomic mass is 79.9. The molecule has 4 rings (SSSR count). The van der Waals surface area contributed by atoms with Gasteiger partial charge in [0.1, 0.15) is 5.65 Å². The zero-order valence-electron chi connectivity index (χ0n) is 12.0. The second kappa shape index (κ2) is 5.83. The van der Waals surface area contributed by atoms with Gasteiger partial charge in [-0.05, 0) is 33.6 Å². The molecule has 0 aliphatic rings. The van der Waals surface area contributed by atoms with Crippen LogP contribution in [0.25, 0.3) is 16.6 Å². The maximum Gasteiger partial charge on any atom is 0.209 e. The normalized spacial score (nSPS) is 11.2. The van der Waals surface area contributed by atoms with Crippen molar-refractivity contribution in [2.75, 3.05) is 5.32 Å². The topological polar surface area (TPSA) is 42.2 Å². The lowest BCUT2D eigenvalue weighted by Crippen LogP contribution is -2.06. The van der Waals surface area contributed by atoms with Crippen molar-refractivity contribution in [1.29, 1.82) is 0 Å². The number of halogens is 2. The molecule has 0 fully saturated rings. The molecule has 0 radical (unpaired) electrons. The summed E-state index contributed by atoms with van der Waals surface area (Å²) >= 11 is 9.97. The highest BCUT2D eigenvalue weighted by Crippen LogP contribution is 2.36. The van der Waals surface area contributed by atoms with E-state index in [1.54, 1.807) is 18.5 Å². The molecular weight excluding hydrogens is 376 g/mol. The maximum atomic E-state index is 6.33. The summed E-state index contributed by atoms with van der Waals surface area (Å²) < 4.78 is 2.91. The first kappa shape index (κ1) is 14.5. The van der Waals surface area contributed by atoms with E-state index in [0.29, 0.717) is 11.6 Å². The van der Waals surface area contributed by atoms with Crippen LogP contribution in [0.15, 0.2) is 59.3 Å². The van der Waals surface area contributed by atoms with E-state index in [1.807, 2.05) is 28.7 Å². The average Bonchev–Trinajstić information content (AvgIpc) is 2.89. The third-order valence-electron chi connectivity index (χ3n) is 3.71. The fraction of sp³-hybridized carbons (Fsp3) is 0.0588. The lowest BCUT2D eigenvalue weighted by atomic mass is 10.2. The van der Waals surface area contributed by atoms with E-state index >= 15 is 0 Å². The Kier molecular flexibility index (Phi) is 3.67. The summed E-state index contributed by atoms with van der Waals surface area (Å²) in [6.07, 6.45) is 3.48. The second-order valence-electron chi connectivity index (χ2n) is 5.13. The number of nitrogens with one attached hydrogen (secondary N) is 1. The molecule has 0 atom stereocenters. The molecule has 114 valence electrons. The Morgan fingerprint density at radius 1 is 1.04 bits per heavy atom. The van der Waals surface area contributed by atoms with Gasteiger partial charge in [0, 0.05) is 18.9 Å². The number of hydrogen-bond donors (Lipinski definition) is 1. The molecule has 0 unspecified atom stereocenters. The summed E-state index contributed by atoms with van der Waals surface area (Å²) in [7, 11) is 0. The number of nitrogens with zero attached hydrogens (tertiary/aromatic N) is 3. The van der Waals surface area contributed by atoms with Crippen molar-refractivity contribution >= 4 is 50.0 Å². The molecule has 1 N–H and O–H groups in total. The number of pyridine rings is 1. The molecule has 0 spiro atoms. The van der Waals surface area contributed by atoms with Crippen LogP contribution in [0.5, 0.6) is 0 Å². The number of anilines is 1. The molecule has 3 aromatic heterocycles. The monoisotopic (exact) mass is 386 g/mol. The molecule has 0 aliphatic carbocycles. The minimum Gasteiger partial charge on any atom is -0.351 e. The van der Waals surface area contributed by atoms with E-state index in [4.69, 9.17) is 11.6 Å². The van der Waals surface area contributed by atoms with Crippen LogP contribution in [0, 0.1) is 0 Å². The smallest absolute Gasteiger partial charge is 0.209 e. The average molecular weight is 388 g/mol. The summed E-state index contributed by atoms with van der Waals surface area (Å²) in [5, 5.41) is 4.94. The first-order valence-electron chi connectivity index (χ1n) is 7.12. The van der Waals surface area contributed by atoms with E-state index in [0.717, 1.165) is 27.0 Å². The maximum absolute atomic E-state index is 6.33. The van der Waals surface area contributed by atoms with Crippen LogP contribution in [-0.4, -0.2) is 14.4 Å². The van der Waals surface area contributed by atoms with E-state index in [-0.39, 0.29) is 0 Å². The number of fused-ring (bicyclic) bond motifs is 3. The number of aromatic nitrogens is 3. The fourth-order valence-electron chi connectivity index (χ4n) is 2.64. The molecule has 3 heterocycles. The van der Waals surface area contributed by atoms with Gasteiger partial charge in [0.25, 0.3) is 0 Å². The first-order chi connectivity index (χ1) is 11.3. The van der Waals surface area contributed by atoms with Crippen molar-refractivity contribution in [1.82, 2.24) is 14.4 Å². The van der Waals surface area contributed by atoms with E-state index in [2.05, 4.69) is 43.3 Å². The molecule has 0 saturated heterocycles. The van der Waals surface area contributed by atoms with Crippen LogP contribution in [0.1, 0.15) is 5.56 Å². The minimum atomic E-state index is 0.666. The van der Waals surface area contributed by atoms with Crippen molar-refractivity contribution in [2.24, 2.45) is 0 Å². The highest BCUT2D eigenvalue weighted by molar-refractivity contribution is 9.10. The summed E-state index contributed by atoms with van der Waals surface area (Å²) in [6.45, 7) is 0.685. The lowest BCUT2D eigenvalue weighted by molar-refractivity contribution is 1.03. The summed E-state index contributed by atoms with van der Waals surface area (Å²) in [5.41, 5.74) is 2.95. The van der Waals surface area contributed by atoms with Gasteiger partial charge in [0.2, 0.25) is 5.95 Å². The van der Waals surface area contributed by atoms with Crippen molar-refractivity contribution in [2.45, 2.75) is 6.54 Å². The van der Waals surface area contributed by atoms with Crippen LogP contribution >= 0.6 is 27.5 Å². The minimum absolute atomic E-state index is 0.666. The van der Waals surface area contributed by atoms with Crippen LogP contribution in [0.4, 0.5) is 5.95 Å². The van der Waals surface area contributed by atoms with Crippen LogP contribution in [0.2, 0.25) is 5.02 Å². The molecule has 0 aliphatic heterocycles. The predicted octanol–water partition coefficient (Wildman–Crippen LogP) is 4.91. The van der Waals surface area contributed by atoms with Gasteiger partial charge in [0.05, 0.1) is 20.4 Å². The molecule has 23 heavy (non-hydrogen) atoms. The van der Waals surface area contributed by atoms with Gasteiger partial charge in [-0.3, -0.25) is 4.40 Å². The third kappa shape index (κ3) is 2.46. The number of hydrogen-bond acceptors (Lipinski definition) is 3. The molecular formula is C17H12BrClN4. The molecule has 0 saturated carbocycles. The predicted molar refractivity (Wildman–Crippen MR) is 97.0 cm³/mol.